The van der Waals surface area contributed by atoms with Gasteiger partial charge in [-0.1, -0.05) is 24.6 Å². The average Bonchev–Trinajstić information content (AvgIpc) is 2.38. The van der Waals surface area contributed by atoms with Crippen molar-refractivity contribution in [3.05, 3.63) is 52.8 Å². The Bertz CT molecular complexity index is 538. The molecule has 2 aromatic rings. The summed E-state index contributed by atoms with van der Waals surface area (Å²) in [6.45, 7) is 5.82. The van der Waals surface area contributed by atoms with Gasteiger partial charge in [-0.25, -0.2) is 0 Å². The van der Waals surface area contributed by atoms with Gasteiger partial charge in [0.05, 0.1) is 0 Å². The van der Waals surface area contributed by atoms with E-state index in [-0.39, 0.29) is 0 Å². The Morgan fingerprint density at radius 1 is 1.17 bits per heavy atom. The maximum Gasteiger partial charge on any atom is 0.0451 e. The van der Waals surface area contributed by atoms with Gasteiger partial charge in [0.2, 0.25) is 0 Å². The van der Waals surface area contributed by atoms with Crippen LogP contribution in [-0.4, -0.2) is 11.5 Å². The number of aryl methyl sites for hydroxylation is 1. The molecule has 0 atom stereocenters. The van der Waals surface area contributed by atoms with Crippen LogP contribution in [0.15, 0.2) is 36.5 Å². The van der Waals surface area contributed by atoms with Crippen LogP contribution >= 0.6 is 11.6 Å². The van der Waals surface area contributed by atoms with Gasteiger partial charge < -0.3 is 5.32 Å². The lowest BCUT2D eigenvalue weighted by molar-refractivity contribution is 0.727. The quantitative estimate of drug-likeness (QED) is 0.904. The fraction of sp³-hybridized carbons (Fsp3) is 0.267. The topological polar surface area (TPSA) is 24.9 Å². The highest BCUT2D eigenvalue weighted by Gasteiger charge is 2.04. The van der Waals surface area contributed by atoms with Crippen LogP contribution in [0, 0.1) is 6.92 Å². The number of benzene rings is 1. The number of pyridine rings is 1. The molecule has 3 heteroatoms. The lowest BCUT2D eigenvalue weighted by Crippen LogP contribution is -2.12. The standard InChI is InChI=1S/C15H17ClN2/c1-3-17-10-14-9-12(4-5-15(14)16)13-6-7-18-11(2)8-13/h4-9,17H,3,10H2,1-2H3. The molecular weight excluding hydrogens is 244 g/mol. The van der Waals surface area contributed by atoms with Gasteiger partial charge in [-0.15, -0.1) is 0 Å². The van der Waals surface area contributed by atoms with E-state index in [1.165, 1.54) is 11.1 Å². The summed E-state index contributed by atoms with van der Waals surface area (Å²) in [7, 11) is 0. The predicted octanol–water partition coefficient (Wildman–Crippen LogP) is 3.82. The van der Waals surface area contributed by atoms with E-state index in [2.05, 4.69) is 29.4 Å². The molecule has 0 unspecified atom stereocenters. The van der Waals surface area contributed by atoms with Crippen molar-refractivity contribution in [1.29, 1.82) is 0 Å². The molecule has 0 saturated heterocycles. The molecule has 0 amide bonds. The van der Waals surface area contributed by atoms with Gasteiger partial charge in [0.25, 0.3) is 0 Å². The Morgan fingerprint density at radius 2 is 1.94 bits per heavy atom. The van der Waals surface area contributed by atoms with Gasteiger partial charge in [0.1, 0.15) is 0 Å². The first-order chi connectivity index (χ1) is 8.70. The zero-order valence-electron chi connectivity index (χ0n) is 10.7. The fourth-order valence-corrected chi connectivity index (χ4v) is 2.06. The van der Waals surface area contributed by atoms with Crippen LogP contribution < -0.4 is 5.32 Å². The number of aromatic nitrogens is 1. The number of rotatable bonds is 4. The number of halogens is 1. The Hall–Kier alpha value is -1.38. The molecule has 0 saturated carbocycles. The first kappa shape index (κ1) is 13.1. The fourth-order valence-electron chi connectivity index (χ4n) is 1.87. The van der Waals surface area contributed by atoms with E-state index >= 15 is 0 Å². The minimum Gasteiger partial charge on any atom is -0.313 e. The van der Waals surface area contributed by atoms with Crippen molar-refractivity contribution in [2.24, 2.45) is 0 Å². The number of nitrogens with zero attached hydrogens (tertiary/aromatic N) is 1. The molecule has 0 aliphatic rings. The van der Waals surface area contributed by atoms with Crippen molar-refractivity contribution in [2.45, 2.75) is 20.4 Å². The summed E-state index contributed by atoms with van der Waals surface area (Å²) < 4.78 is 0. The Balaban J connectivity index is 2.34. The third-order valence-corrected chi connectivity index (χ3v) is 3.21. The van der Waals surface area contributed by atoms with Gasteiger partial charge in [-0.3, -0.25) is 4.98 Å². The minimum absolute atomic E-state index is 0.799. The molecule has 2 nitrogen and oxygen atoms in total. The second kappa shape index (κ2) is 5.98. The van der Waals surface area contributed by atoms with Crippen LogP contribution in [0.2, 0.25) is 5.02 Å². The van der Waals surface area contributed by atoms with Crippen molar-refractivity contribution in [3.63, 3.8) is 0 Å². The summed E-state index contributed by atoms with van der Waals surface area (Å²) in [5, 5.41) is 4.11. The van der Waals surface area contributed by atoms with Crippen molar-refractivity contribution in [3.8, 4) is 11.1 Å². The van der Waals surface area contributed by atoms with Gasteiger partial charge in [-0.2, -0.15) is 0 Å². The number of nitrogens with one attached hydrogen (secondary N) is 1. The summed E-state index contributed by atoms with van der Waals surface area (Å²) in [5.74, 6) is 0. The van der Waals surface area contributed by atoms with E-state index in [4.69, 9.17) is 11.6 Å². The summed E-state index contributed by atoms with van der Waals surface area (Å²) in [5.41, 5.74) is 4.51. The second-order valence-corrected chi connectivity index (χ2v) is 4.68. The van der Waals surface area contributed by atoms with Crippen molar-refractivity contribution in [1.82, 2.24) is 10.3 Å². The molecule has 1 heterocycles. The molecule has 0 fully saturated rings. The van der Waals surface area contributed by atoms with Crippen LogP contribution in [0.3, 0.4) is 0 Å². The predicted molar refractivity (Wildman–Crippen MR) is 76.8 cm³/mol. The summed E-state index contributed by atoms with van der Waals surface area (Å²) in [4.78, 5) is 4.22. The van der Waals surface area contributed by atoms with E-state index in [1.807, 2.05) is 31.3 Å². The van der Waals surface area contributed by atoms with Crippen molar-refractivity contribution in [2.75, 3.05) is 6.54 Å². The first-order valence-electron chi connectivity index (χ1n) is 6.13. The molecule has 1 aromatic heterocycles. The van der Waals surface area contributed by atoms with E-state index < -0.39 is 0 Å². The molecule has 0 bridgehead atoms. The first-order valence-corrected chi connectivity index (χ1v) is 6.50. The molecule has 2 rings (SSSR count). The molecule has 0 spiro atoms. The Morgan fingerprint density at radius 3 is 2.67 bits per heavy atom. The van der Waals surface area contributed by atoms with Gasteiger partial charge in [0, 0.05) is 23.5 Å². The molecular formula is C15H17ClN2. The van der Waals surface area contributed by atoms with Crippen LogP contribution in [0.4, 0.5) is 0 Å². The highest BCUT2D eigenvalue weighted by molar-refractivity contribution is 6.31. The van der Waals surface area contributed by atoms with E-state index in [9.17, 15) is 0 Å². The largest absolute Gasteiger partial charge is 0.313 e. The van der Waals surface area contributed by atoms with Crippen LogP contribution in [0.1, 0.15) is 18.2 Å². The molecule has 0 radical (unpaired) electrons. The second-order valence-electron chi connectivity index (χ2n) is 4.27. The lowest BCUT2D eigenvalue weighted by atomic mass is 10.0. The maximum atomic E-state index is 6.20. The molecule has 18 heavy (non-hydrogen) atoms. The van der Waals surface area contributed by atoms with Gasteiger partial charge in [-0.05, 0) is 54.4 Å². The van der Waals surface area contributed by atoms with E-state index in [1.54, 1.807) is 0 Å². The van der Waals surface area contributed by atoms with Gasteiger partial charge >= 0.3 is 0 Å². The molecule has 0 aliphatic carbocycles. The number of hydrogen-bond donors (Lipinski definition) is 1. The van der Waals surface area contributed by atoms with Gasteiger partial charge in [0.15, 0.2) is 0 Å². The maximum absolute atomic E-state index is 6.20. The van der Waals surface area contributed by atoms with Crippen LogP contribution in [0.5, 0.6) is 0 Å². The zero-order valence-corrected chi connectivity index (χ0v) is 11.5. The third-order valence-electron chi connectivity index (χ3n) is 2.84. The summed E-state index contributed by atoms with van der Waals surface area (Å²) in [6, 6.07) is 10.2. The molecule has 1 aromatic carbocycles. The highest BCUT2D eigenvalue weighted by Crippen LogP contribution is 2.25. The number of hydrogen-bond acceptors (Lipinski definition) is 2. The molecule has 0 aliphatic heterocycles. The Labute approximate surface area is 113 Å². The van der Waals surface area contributed by atoms with Crippen LogP contribution in [-0.2, 0) is 6.54 Å². The minimum atomic E-state index is 0.799. The average molecular weight is 261 g/mol. The van der Waals surface area contributed by atoms with Crippen molar-refractivity contribution < 1.29 is 0 Å². The normalized spacial score (nSPS) is 10.6. The monoisotopic (exact) mass is 260 g/mol. The zero-order chi connectivity index (χ0) is 13.0. The molecule has 94 valence electrons. The Kier molecular flexibility index (Phi) is 4.34. The SMILES string of the molecule is CCNCc1cc(-c2ccnc(C)c2)ccc1Cl. The lowest BCUT2D eigenvalue weighted by Gasteiger charge is -2.09. The summed E-state index contributed by atoms with van der Waals surface area (Å²) >= 11 is 6.20. The van der Waals surface area contributed by atoms with Crippen molar-refractivity contribution >= 4 is 11.6 Å². The van der Waals surface area contributed by atoms with E-state index in [0.29, 0.717) is 0 Å². The van der Waals surface area contributed by atoms with Crippen LogP contribution in [0.25, 0.3) is 11.1 Å². The smallest absolute Gasteiger partial charge is 0.0451 e. The molecule has 1 N–H and O–H groups in total. The third kappa shape index (κ3) is 3.09. The highest BCUT2D eigenvalue weighted by atomic mass is 35.5. The summed E-state index contributed by atoms with van der Waals surface area (Å²) in [6.07, 6.45) is 1.84. The van der Waals surface area contributed by atoms with E-state index in [0.717, 1.165) is 29.4 Å².